The summed E-state index contributed by atoms with van der Waals surface area (Å²) in [6, 6.07) is 2.98. The minimum atomic E-state index is -0.389. The van der Waals surface area contributed by atoms with Crippen molar-refractivity contribution < 1.29 is 14.6 Å². The molecule has 2 aromatic rings. The zero-order valence-corrected chi connectivity index (χ0v) is 7.44. The van der Waals surface area contributed by atoms with Crippen LogP contribution in [-0.2, 0) is 6.61 Å². The molecule has 68 valence electrons. The van der Waals surface area contributed by atoms with Crippen LogP contribution in [-0.4, -0.2) is 10.2 Å². The summed E-state index contributed by atoms with van der Waals surface area (Å²) >= 11 is 1.13. The number of phenols is 1. The van der Waals surface area contributed by atoms with Crippen molar-refractivity contribution in [1.29, 1.82) is 0 Å². The van der Waals surface area contributed by atoms with Crippen molar-refractivity contribution in [2.75, 3.05) is 0 Å². The second-order valence-corrected chi connectivity index (χ2v) is 3.57. The number of phenolic OH excluding ortho intramolecular Hbond substituents is 1. The number of halogens is 1. The van der Waals surface area contributed by atoms with Crippen molar-refractivity contribution in [3.8, 4) is 5.75 Å². The first-order chi connectivity index (χ1) is 6.24. The minimum absolute atomic E-state index is 0.0566. The molecule has 0 amide bonds. The van der Waals surface area contributed by atoms with E-state index in [1.807, 2.05) is 0 Å². The third-order valence-corrected chi connectivity index (χ3v) is 2.89. The van der Waals surface area contributed by atoms with E-state index in [9.17, 15) is 9.50 Å². The topological polar surface area (TPSA) is 40.5 Å². The fraction of sp³-hybridized carbons (Fsp3) is 0.111. The maximum atomic E-state index is 13.2. The van der Waals surface area contributed by atoms with Gasteiger partial charge in [0.25, 0.3) is 0 Å². The van der Waals surface area contributed by atoms with Crippen LogP contribution >= 0.6 is 11.3 Å². The van der Waals surface area contributed by atoms with Crippen LogP contribution in [0.4, 0.5) is 4.39 Å². The summed E-state index contributed by atoms with van der Waals surface area (Å²) in [6.45, 7) is -0.218. The molecule has 0 atom stereocenters. The maximum absolute atomic E-state index is 13.2. The molecule has 1 aromatic heterocycles. The lowest BCUT2D eigenvalue weighted by Gasteiger charge is -2.00. The zero-order chi connectivity index (χ0) is 9.42. The van der Waals surface area contributed by atoms with Gasteiger partial charge in [-0.1, -0.05) is 6.07 Å². The van der Waals surface area contributed by atoms with Gasteiger partial charge in [0.05, 0.1) is 11.3 Å². The fourth-order valence-electron chi connectivity index (χ4n) is 1.29. The van der Waals surface area contributed by atoms with Crippen molar-refractivity contribution in [2.45, 2.75) is 6.61 Å². The smallest absolute Gasteiger partial charge is 0.142 e. The summed E-state index contributed by atoms with van der Waals surface area (Å²) in [6.07, 6.45) is 0. The van der Waals surface area contributed by atoms with Crippen LogP contribution in [0.2, 0.25) is 0 Å². The summed E-state index contributed by atoms with van der Waals surface area (Å²) < 4.78 is 13.7. The number of rotatable bonds is 1. The van der Waals surface area contributed by atoms with Gasteiger partial charge >= 0.3 is 0 Å². The minimum Gasteiger partial charge on any atom is -0.506 e. The van der Waals surface area contributed by atoms with Crippen molar-refractivity contribution in [2.24, 2.45) is 0 Å². The first-order valence-electron chi connectivity index (χ1n) is 3.72. The van der Waals surface area contributed by atoms with E-state index in [1.165, 1.54) is 17.5 Å². The molecule has 0 spiro atoms. The monoisotopic (exact) mass is 198 g/mol. The van der Waals surface area contributed by atoms with Crippen LogP contribution in [0.3, 0.4) is 0 Å². The molecule has 2 rings (SSSR count). The molecule has 0 aliphatic heterocycles. The number of thiophene rings is 1. The number of benzene rings is 1. The summed E-state index contributed by atoms with van der Waals surface area (Å²) in [7, 11) is 0. The Balaban J connectivity index is 2.88. The number of aliphatic hydroxyl groups excluding tert-OH is 1. The summed E-state index contributed by atoms with van der Waals surface area (Å²) in [5, 5.41) is 19.9. The van der Waals surface area contributed by atoms with Gasteiger partial charge in [-0.25, -0.2) is 4.39 Å². The van der Waals surface area contributed by atoms with Gasteiger partial charge in [-0.3, -0.25) is 0 Å². The normalized spacial score (nSPS) is 10.9. The highest BCUT2D eigenvalue weighted by Crippen LogP contribution is 2.34. The number of hydrogen-bond acceptors (Lipinski definition) is 3. The van der Waals surface area contributed by atoms with Crippen LogP contribution in [0.25, 0.3) is 10.1 Å². The molecule has 0 aliphatic carbocycles. The number of aliphatic hydroxyl groups is 1. The Morgan fingerprint density at radius 1 is 1.38 bits per heavy atom. The highest BCUT2D eigenvalue weighted by Gasteiger charge is 2.11. The quantitative estimate of drug-likeness (QED) is 0.737. The van der Waals surface area contributed by atoms with Gasteiger partial charge in [0.2, 0.25) is 0 Å². The molecule has 0 saturated heterocycles. The number of fused-ring (bicyclic) bond motifs is 1. The lowest BCUT2D eigenvalue weighted by molar-refractivity contribution is 0.283. The fourth-order valence-corrected chi connectivity index (χ4v) is 2.17. The summed E-state index contributed by atoms with van der Waals surface area (Å²) in [4.78, 5) is 0. The molecule has 0 aliphatic rings. The highest BCUT2D eigenvalue weighted by atomic mass is 32.1. The molecule has 0 bridgehead atoms. The van der Waals surface area contributed by atoms with Gasteiger partial charge < -0.3 is 10.2 Å². The van der Waals surface area contributed by atoms with Gasteiger partial charge in [-0.15, -0.1) is 11.3 Å². The molecule has 4 heteroatoms. The predicted molar refractivity (Wildman–Crippen MR) is 49.4 cm³/mol. The van der Waals surface area contributed by atoms with Crippen LogP contribution in [0.5, 0.6) is 5.75 Å². The zero-order valence-electron chi connectivity index (χ0n) is 6.62. The lowest BCUT2D eigenvalue weighted by Crippen LogP contribution is -1.84. The van der Waals surface area contributed by atoms with Crippen molar-refractivity contribution in [3.63, 3.8) is 0 Å². The lowest BCUT2D eigenvalue weighted by atomic mass is 10.1. The summed E-state index contributed by atoms with van der Waals surface area (Å²) in [5.74, 6) is -0.332. The molecule has 2 nitrogen and oxygen atoms in total. The molecule has 1 aromatic carbocycles. The highest BCUT2D eigenvalue weighted by molar-refractivity contribution is 7.17. The average molecular weight is 198 g/mol. The Hall–Kier alpha value is -1.13. The van der Waals surface area contributed by atoms with E-state index in [0.717, 1.165) is 11.3 Å². The molecule has 0 saturated carbocycles. The van der Waals surface area contributed by atoms with Crippen LogP contribution in [0, 0.1) is 5.82 Å². The SMILES string of the molecule is OCc1ccc(O)c2scc(F)c12. The van der Waals surface area contributed by atoms with Crippen molar-refractivity contribution in [3.05, 3.63) is 28.9 Å². The molecule has 1 heterocycles. The third-order valence-electron chi connectivity index (χ3n) is 1.91. The molecule has 2 N–H and O–H groups in total. The van der Waals surface area contributed by atoms with E-state index >= 15 is 0 Å². The van der Waals surface area contributed by atoms with Crippen LogP contribution in [0.1, 0.15) is 5.56 Å². The Labute approximate surface area is 77.9 Å². The molecule has 0 radical (unpaired) electrons. The van der Waals surface area contributed by atoms with Crippen molar-refractivity contribution in [1.82, 2.24) is 0 Å². The molecular weight excluding hydrogens is 191 g/mol. The molecular formula is C9H7FO2S. The largest absolute Gasteiger partial charge is 0.506 e. The van der Waals surface area contributed by atoms with E-state index < -0.39 is 0 Å². The molecule has 0 fully saturated rings. The van der Waals surface area contributed by atoms with Gasteiger partial charge in [0, 0.05) is 10.8 Å². The Morgan fingerprint density at radius 3 is 2.85 bits per heavy atom. The Kier molecular flexibility index (Phi) is 1.94. The Morgan fingerprint density at radius 2 is 2.15 bits per heavy atom. The second-order valence-electron chi connectivity index (χ2n) is 2.69. The third kappa shape index (κ3) is 1.18. The van der Waals surface area contributed by atoms with E-state index in [2.05, 4.69) is 0 Å². The summed E-state index contributed by atoms with van der Waals surface area (Å²) in [5.41, 5.74) is 0.506. The van der Waals surface area contributed by atoms with Crippen LogP contribution in [0.15, 0.2) is 17.5 Å². The van der Waals surface area contributed by atoms with E-state index in [-0.39, 0.29) is 18.2 Å². The van der Waals surface area contributed by atoms with E-state index in [0.29, 0.717) is 15.6 Å². The van der Waals surface area contributed by atoms with Gasteiger partial charge in [0.1, 0.15) is 11.6 Å². The average Bonchev–Trinajstić information content (AvgIpc) is 2.51. The first kappa shape index (κ1) is 8.47. The number of aromatic hydroxyl groups is 1. The number of hydrogen-bond donors (Lipinski definition) is 2. The van der Waals surface area contributed by atoms with Gasteiger partial charge in [-0.2, -0.15) is 0 Å². The van der Waals surface area contributed by atoms with Gasteiger partial charge in [0.15, 0.2) is 0 Å². The molecule has 0 unspecified atom stereocenters. The van der Waals surface area contributed by atoms with Gasteiger partial charge in [-0.05, 0) is 11.6 Å². The molecule has 13 heavy (non-hydrogen) atoms. The van der Waals surface area contributed by atoms with Crippen molar-refractivity contribution >= 4 is 21.4 Å². The van der Waals surface area contributed by atoms with Crippen LogP contribution < -0.4 is 0 Å². The maximum Gasteiger partial charge on any atom is 0.142 e. The second kappa shape index (κ2) is 2.97. The van der Waals surface area contributed by atoms with E-state index in [4.69, 9.17) is 5.11 Å². The Bertz CT molecular complexity index is 450. The first-order valence-corrected chi connectivity index (χ1v) is 4.60. The van der Waals surface area contributed by atoms with E-state index in [1.54, 1.807) is 0 Å². The standard InChI is InChI=1S/C9H7FO2S/c10-6-4-13-9-7(12)2-1-5(3-11)8(6)9/h1-2,4,11-12H,3H2. The predicted octanol–water partition coefficient (Wildman–Crippen LogP) is 2.24.